The molecule has 0 N–H and O–H groups in total. The van der Waals surface area contributed by atoms with Crippen LogP contribution < -0.4 is 0 Å². The predicted octanol–water partition coefficient (Wildman–Crippen LogP) is 0.627. The second-order valence-corrected chi connectivity index (χ2v) is 3.77. The highest BCUT2D eigenvalue weighted by Gasteiger charge is 2.55. The van der Waals surface area contributed by atoms with Crippen LogP contribution in [0, 0.1) is 27.9 Å². The molecule has 0 aromatic heterocycles. The fourth-order valence-corrected chi connectivity index (χ4v) is 2.53. The number of nitro groups is 1. The summed E-state index contributed by atoms with van der Waals surface area (Å²) in [4.78, 5) is 21.8. The maximum atomic E-state index is 11.4. The average molecular weight is 197 g/mol. The molecule has 5 nitrogen and oxygen atoms in total. The number of ether oxygens (including phenoxy) is 1. The first-order valence-electron chi connectivity index (χ1n) is 4.55. The van der Waals surface area contributed by atoms with Crippen LogP contribution in [0.3, 0.4) is 0 Å². The van der Waals surface area contributed by atoms with E-state index in [1.807, 2.05) is 12.2 Å². The van der Waals surface area contributed by atoms with E-state index in [1.54, 1.807) is 0 Å². The maximum Gasteiger partial charge on any atom is 0.316 e. The number of rotatable bonds is 2. The van der Waals surface area contributed by atoms with Crippen molar-refractivity contribution in [3.05, 3.63) is 22.3 Å². The summed E-state index contributed by atoms with van der Waals surface area (Å²) in [6.07, 6.45) is 4.45. The van der Waals surface area contributed by atoms with E-state index in [9.17, 15) is 14.9 Å². The molecule has 0 spiro atoms. The molecule has 0 saturated heterocycles. The third-order valence-electron chi connectivity index (χ3n) is 3.13. The van der Waals surface area contributed by atoms with Crippen molar-refractivity contribution in [3.8, 4) is 0 Å². The lowest BCUT2D eigenvalue weighted by Gasteiger charge is -2.18. The van der Waals surface area contributed by atoms with Crippen LogP contribution in [0.5, 0.6) is 0 Å². The fourth-order valence-electron chi connectivity index (χ4n) is 2.53. The minimum absolute atomic E-state index is 0.00264. The Labute approximate surface area is 80.9 Å². The molecule has 2 rings (SSSR count). The maximum absolute atomic E-state index is 11.4. The molecule has 1 fully saturated rings. The van der Waals surface area contributed by atoms with Crippen LogP contribution in [0.25, 0.3) is 0 Å². The van der Waals surface area contributed by atoms with Gasteiger partial charge in [-0.05, 0) is 12.3 Å². The molecule has 0 aromatic rings. The van der Waals surface area contributed by atoms with Gasteiger partial charge in [0.15, 0.2) is 0 Å². The number of allylic oxidation sites excluding steroid dienone is 1. The van der Waals surface area contributed by atoms with Gasteiger partial charge in [-0.3, -0.25) is 14.9 Å². The lowest BCUT2D eigenvalue weighted by atomic mass is 9.89. The summed E-state index contributed by atoms with van der Waals surface area (Å²) < 4.78 is 4.59. The monoisotopic (exact) mass is 197 g/mol. The largest absolute Gasteiger partial charge is 0.469 e. The van der Waals surface area contributed by atoms with Gasteiger partial charge in [0.1, 0.15) is 5.92 Å². The summed E-state index contributed by atoms with van der Waals surface area (Å²) in [6, 6.07) is -0.780. The van der Waals surface area contributed by atoms with Crippen molar-refractivity contribution in [2.45, 2.75) is 12.5 Å². The Morgan fingerprint density at radius 1 is 1.50 bits per heavy atom. The first kappa shape index (κ1) is 9.18. The molecule has 2 aliphatic rings. The summed E-state index contributed by atoms with van der Waals surface area (Å²) in [7, 11) is 1.27. The van der Waals surface area contributed by atoms with Crippen molar-refractivity contribution >= 4 is 5.97 Å². The second kappa shape index (κ2) is 3.08. The van der Waals surface area contributed by atoms with Crippen molar-refractivity contribution in [3.63, 3.8) is 0 Å². The highest BCUT2D eigenvalue weighted by atomic mass is 16.6. The first-order valence-corrected chi connectivity index (χ1v) is 4.55. The Morgan fingerprint density at radius 3 is 2.71 bits per heavy atom. The Balaban J connectivity index is 2.26. The number of nitrogens with zero attached hydrogens (tertiary/aromatic N) is 1. The Morgan fingerprint density at radius 2 is 2.14 bits per heavy atom. The second-order valence-electron chi connectivity index (χ2n) is 3.77. The molecule has 76 valence electrons. The highest BCUT2D eigenvalue weighted by molar-refractivity contribution is 5.74. The molecule has 14 heavy (non-hydrogen) atoms. The molecule has 2 aliphatic carbocycles. The van der Waals surface area contributed by atoms with E-state index in [0.717, 1.165) is 0 Å². The van der Waals surface area contributed by atoms with Crippen LogP contribution in [-0.2, 0) is 9.53 Å². The molecule has 3 unspecified atom stereocenters. The number of fused-ring (bicyclic) bond motifs is 2. The van der Waals surface area contributed by atoms with Gasteiger partial charge < -0.3 is 4.74 Å². The third-order valence-corrected chi connectivity index (χ3v) is 3.13. The topological polar surface area (TPSA) is 69.4 Å². The van der Waals surface area contributed by atoms with Gasteiger partial charge in [-0.2, -0.15) is 0 Å². The first-order chi connectivity index (χ1) is 6.65. The third kappa shape index (κ3) is 1.12. The van der Waals surface area contributed by atoms with Crippen molar-refractivity contribution < 1.29 is 14.5 Å². The average Bonchev–Trinajstić information content (AvgIpc) is 2.74. The molecule has 4 atom stereocenters. The Kier molecular flexibility index (Phi) is 2.02. The van der Waals surface area contributed by atoms with E-state index < -0.39 is 17.9 Å². The molecule has 0 aromatic carbocycles. The van der Waals surface area contributed by atoms with Crippen LogP contribution in [0.2, 0.25) is 0 Å². The van der Waals surface area contributed by atoms with Gasteiger partial charge in [-0.15, -0.1) is 0 Å². The van der Waals surface area contributed by atoms with E-state index in [1.165, 1.54) is 7.11 Å². The zero-order chi connectivity index (χ0) is 10.3. The number of hydrogen-bond donors (Lipinski definition) is 0. The lowest BCUT2D eigenvalue weighted by molar-refractivity contribution is -0.533. The summed E-state index contributed by atoms with van der Waals surface area (Å²) in [5.41, 5.74) is 0. The zero-order valence-corrected chi connectivity index (χ0v) is 7.75. The van der Waals surface area contributed by atoms with Crippen LogP contribution in [0.15, 0.2) is 12.2 Å². The van der Waals surface area contributed by atoms with Gasteiger partial charge in [-0.25, -0.2) is 0 Å². The molecule has 5 heteroatoms. The van der Waals surface area contributed by atoms with Gasteiger partial charge in [0.05, 0.1) is 7.11 Å². The van der Waals surface area contributed by atoms with Gasteiger partial charge >= 0.3 is 5.97 Å². The molecule has 0 aliphatic heterocycles. The minimum Gasteiger partial charge on any atom is -0.469 e. The number of carbonyl (C=O) groups is 1. The molecule has 2 bridgehead atoms. The quantitative estimate of drug-likeness (QED) is 0.282. The zero-order valence-electron chi connectivity index (χ0n) is 7.75. The summed E-state index contributed by atoms with van der Waals surface area (Å²) in [5, 5.41) is 10.8. The van der Waals surface area contributed by atoms with Crippen LogP contribution in [0.4, 0.5) is 0 Å². The minimum atomic E-state index is -0.780. The van der Waals surface area contributed by atoms with E-state index >= 15 is 0 Å². The fraction of sp³-hybridized carbons (Fsp3) is 0.667. The smallest absolute Gasteiger partial charge is 0.316 e. The molecule has 0 radical (unpaired) electrons. The summed E-state index contributed by atoms with van der Waals surface area (Å²) in [6.45, 7) is 0. The van der Waals surface area contributed by atoms with E-state index in [2.05, 4.69) is 4.74 Å². The van der Waals surface area contributed by atoms with Gasteiger partial charge in [0, 0.05) is 10.8 Å². The highest BCUT2D eigenvalue weighted by Crippen LogP contribution is 2.45. The van der Waals surface area contributed by atoms with Crippen molar-refractivity contribution in [1.82, 2.24) is 0 Å². The predicted molar refractivity (Wildman–Crippen MR) is 47.0 cm³/mol. The van der Waals surface area contributed by atoms with E-state index in [-0.39, 0.29) is 16.8 Å². The molecule has 0 amide bonds. The normalized spacial score (nSPS) is 38.6. The van der Waals surface area contributed by atoms with Crippen LogP contribution in [-0.4, -0.2) is 24.0 Å². The SMILES string of the molecule is COC(=O)C1C2C=CC(C2)[C@@H]1[N+](=O)[O-]. The molecular weight excluding hydrogens is 186 g/mol. The number of carbonyl (C=O) groups excluding carboxylic acids is 1. The molecular formula is C9H11NO4. The van der Waals surface area contributed by atoms with Crippen LogP contribution >= 0.6 is 0 Å². The lowest BCUT2D eigenvalue weighted by Crippen LogP contribution is -2.38. The summed E-state index contributed by atoms with van der Waals surface area (Å²) in [5.74, 6) is -1.12. The van der Waals surface area contributed by atoms with Gasteiger partial charge in [0.2, 0.25) is 6.04 Å². The van der Waals surface area contributed by atoms with Crippen molar-refractivity contribution in [2.75, 3.05) is 7.11 Å². The van der Waals surface area contributed by atoms with Gasteiger partial charge in [0.25, 0.3) is 0 Å². The number of esters is 1. The molecule has 0 heterocycles. The number of hydrogen-bond acceptors (Lipinski definition) is 4. The Hall–Kier alpha value is -1.39. The Bertz CT molecular complexity index is 312. The van der Waals surface area contributed by atoms with E-state index in [4.69, 9.17) is 0 Å². The van der Waals surface area contributed by atoms with Crippen molar-refractivity contribution in [2.24, 2.45) is 17.8 Å². The van der Waals surface area contributed by atoms with Crippen LogP contribution in [0.1, 0.15) is 6.42 Å². The standard InChI is InChI=1S/C9H11NO4/c1-14-9(11)7-5-2-3-6(4-5)8(7)10(12)13/h2-3,5-8H,4H2,1H3/t5?,6?,7?,8-/m0/s1. The summed E-state index contributed by atoms with van der Waals surface area (Å²) >= 11 is 0. The van der Waals surface area contributed by atoms with Crippen molar-refractivity contribution in [1.29, 1.82) is 0 Å². The van der Waals surface area contributed by atoms with E-state index in [0.29, 0.717) is 6.42 Å². The van der Waals surface area contributed by atoms with Gasteiger partial charge in [-0.1, -0.05) is 12.2 Å². The number of methoxy groups -OCH3 is 1. The molecule has 1 saturated carbocycles.